The molecule has 0 spiro atoms. The Morgan fingerprint density at radius 1 is 1.08 bits per heavy atom. The van der Waals surface area contributed by atoms with Crippen LogP contribution in [0.25, 0.3) is 0 Å². The molecule has 0 amide bonds. The molecule has 6 heteroatoms. The first-order valence-electron chi connectivity index (χ1n) is 9.20. The van der Waals surface area contributed by atoms with Gasteiger partial charge in [0, 0.05) is 25.2 Å². The van der Waals surface area contributed by atoms with Crippen LogP contribution in [0.1, 0.15) is 44.1 Å². The minimum atomic E-state index is 0. The molecule has 1 aliphatic rings. The standard InChI is InChI=1S/C19H31ClN4.HI/c1-21-19(23-16-17-10-4-5-11-18(17)20)22-12-6-2-7-13-24-14-8-3-9-15-24;/h4-5,10-11H,2-3,6-9,12-16H2,1H3,(H2,21,22,23);1H. The first kappa shape index (κ1) is 22.5. The lowest BCUT2D eigenvalue weighted by Gasteiger charge is -2.26. The monoisotopic (exact) mass is 478 g/mol. The number of benzene rings is 1. The van der Waals surface area contributed by atoms with Crippen molar-refractivity contribution in [3.8, 4) is 0 Å². The fraction of sp³-hybridized carbons (Fsp3) is 0.632. The first-order valence-corrected chi connectivity index (χ1v) is 9.57. The highest BCUT2D eigenvalue weighted by molar-refractivity contribution is 14.0. The normalized spacial score (nSPS) is 15.5. The highest BCUT2D eigenvalue weighted by Crippen LogP contribution is 2.14. The van der Waals surface area contributed by atoms with E-state index in [-0.39, 0.29) is 24.0 Å². The Balaban J connectivity index is 0.00000312. The average molecular weight is 479 g/mol. The molecule has 2 rings (SSSR count). The van der Waals surface area contributed by atoms with Crippen molar-refractivity contribution in [2.45, 2.75) is 45.1 Å². The molecule has 1 saturated heterocycles. The van der Waals surface area contributed by atoms with Crippen molar-refractivity contribution < 1.29 is 0 Å². The van der Waals surface area contributed by atoms with Gasteiger partial charge < -0.3 is 15.5 Å². The van der Waals surface area contributed by atoms with Gasteiger partial charge in [-0.25, -0.2) is 0 Å². The first-order chi connectivity index (χ1) is 11.8. The molecule has 0 saturated carbocycles. The number of nitrogens with zero attached hydrogens (tertiary/aromatic N) is 2. The van der Waals surface area contributed by atoms with E-state index in [0.29, 0.717) is 6.54 Å². The van der Waals surface area contributed by atoms with E-state index in [1.165, 1.54) is 58.2 Å². The third-order valence-electron chi connectivity index (χ3n) is 4.52. The van der Waals surface area contributed by atoms with Gasteiger partial charge in [-0.3, -0.25) is 4.99 Å². The van der Waals surface area contributed by atoms with Crippen LogP contribution < -0.4 is 10.6 Å². The molecule has 1 aliphatic heterocycles. The number of unbranched alkanes of at least 4 members (excludes halogenated alkanes) is 2. The van der Waals surface area contributed by atoms with Crippen molar-refractivity contribution in [1.82, 2.24) is 15.5 Å². The van der Waals surface area contributed by atoms with Crippen LogP contribution in [0.4, 0.5) is 0 Å². The van der Waals surface area contributed by atoms with Crippen LogP contribution in [-0.4, -0.2) is 44.1 Å². The van der Waals surface area contributed by atoms with Crippen LogP contribution in [0.2, 0.25) is 5.02 Å². The minimum absolute atomic E-state index is 0. The van der Waals surface area contributed by atoms with Crippen molar-refractivity contribution >= 4 is 41.5 Å². The van der Waals surface area contributed by atoms with Gasteiger partial charge in [-0.05, 0) is 56.9 Å². The van der Waals surface area contributed by atoms with Gasteiger partial charge >= 0.3 is 0 Å². The fourth-order valence-corrected chi connectivity index (χ4v) is 3.27. The zero-order chi connectivity index (χ0) is 17.0. The number of likely N-dealkylation sites (tertiary alicyclic amines) is 1. The van der Waals surface area contributed by atoms with Crippen LogP contribution in [0.3, 0.4) is 0 Å². The van der Waals surface area contributed by atoms with Gasteiger partial charge in [-0.15, -0.1) is 24.0 Å². The molecule has 0 bridgehead atoms. The maximum absolute atomic E-state index is 6.17. The summed E-state index contributed by atoms with van der Waals surface area (Å²) in [4.78, 5) is 6.88. The summed E-state index contributed by atoms with van der Waals surface area (Å²) < 4.78 is 0. The summed E-state index contributed by atoms with van der Waals surface area (Å²) in [5.74, 6) is 0.839. The maximum atomic E-state index is 6.17. The lowest BCUT2D eigenvalue weighted by Crippen LogP contribution is -2.37. The number of halogens is 2. The summed E-state index contributed by atoms with van der Waals surface area (Å²) in [7, 11) is 1.80. The van der Waals surface area contributed by atoms with Gasteiger partial charge in [0.25, 0.3) is 0 Å². The topological polar surface area (TPSA) is 39.7 Å². The molecule has 25 heavy (non-hydrogen) atoms. The van der Waals surface area contributed by atoms with Crippen molar-refractivity contribution in [1.29, 1.82) is 0 Å². The summed E-state index contributed by atoms with van der Waals surface area (Å²) >= 11 is 6.17. The Kier molecular flexibility index (Phi) is 12.3. The maximum Gasteiger partial charge on any atom is 0.191 e. The van der Waals surface area contributed by atoms with Crippen LogP contribution in [0.15, 0.2) is 29.3 Å². The summed E-state index contributed by atoms with van der Waals surface area (Å²) in [6.07, 6.45) is 7.93. The number of hydrogen-bond acceptors (Lipinski definition) is 2. The molecule has 0 unspecified atom stereocenters. The van der Waals surface area contributed by atoms with Gasteiger partial charge in [0.2, 0.25) is 0 Å². The second kappa shape index (κ2) is 13.6. The van der Waals surface area contributed by atoms with E-state index in [9.17, 15) is 0 Å². The molecule has 1 aromatic rings. The van der Waals surface area contributed by atoms with Crippen molar-refractivity contribution in [3.63, 3.8) is 0 Å². The third kappa shape index (κ3) is 9.11. The molecule has 2 N–H and O–H groups in total. The second-order valence-electron chi connectivity index (χ2n) is 6.41. The Labute approximate surface area is 174 Å². The molecule has 1 heterocycles. The predicted octanol–water partition coefficient (Wildman–Crippen LogP) is 4.28. The summed E-state index contributed by atoms with van der Waals surface area (Å²) in [6.45, 7) is 5.52. The van der Waals surface area contributed by atoms with Gasteiger partial charge in [0.15, 0.2) is 5.96 Å². The SMILES string of the molecule is CN=C(NCCCCCN1CCCCC1)NCc1ccccc1Cl.I. The quantitative estimate of drug-likeness (QED) is 0.254. The van der Waals surface area contributed by atoms with Gasteiger partial charge in [-0.2, -0.15) is 0 Å². The molecule has 0 aliphatic carbocycles. The number of guanidine groups is 1. The zero-order valence-electron chi connectivity index (χ0n) is 15.3. The summed E-state index contributed by atoms with van der Waals surface area (Å²) in [5.41, 5.74) is 1.09. The highest BCUT2D eigenvalue weighted by Gasteiger charge is 2.08. The van der Waals surface area contributed by atoms with Crippen LogP contribution in [0.5, 0.6) is 0 Å². The third-order valence-corrected chi connectivity index (χ3v) is 4.89. The van der Waals surface area contributed by atoms with Gasteiger partial charge in [-0.1, -0.05) is 42.6 Å². The van der Waals surface area contributed by atoms with Crippen LogP contribution in [-0.2, 0) is 6.54 Å². The largest absolute Gasteiger partial charge is 0.356 e. The highest BCUT2D eigenvalue weighted by atomic mass is 127. The number of hydrogen-bond donors (Lipinski definition) is 2. The van der Waals surface area contributed by atoms with E-state index >= 15 is 0 Å². The summed E-state index contributed by atoms with van der Waals surface area (Å²) in [5, 5.41) is 7.49. The Morgan fingerprint density at radius 2 is 1.84 bits per heavy atom. The Bertz CT molecular complexity index is 504. The van der Waals surface area contributed by atoms with Crippen LogP contribution >= 0.6 is 35.6 Å². The smallest absolute Gasteiger partial charge is 0.191 e. The van der Waals surface area contributed by atoms with E-state index in [4.69, 9.17) is 11.6 Å². The summed E-state index contributed by atoms with van der Waals surface area (Å²) in [6, 6.07) is 7.89. The van der Waals surface area contributed by atoms with E-state index in [1.807, 2.05) is 24.3 Å². The van der Waals surface area contributed by atoms with Gasteiger partial charge in [0.05, 0.1) is 0 Å². The molecule has 1 fully saturated rings. The zero-order valence-corrected chi connectivity index (χ0v) is 18.4. The van der Waals surface area contributed by atoms with Crippen molar-refractivity contribution in [3.05, 3.63) is 34.9 Å². The van der Waals surface area contributed by atoms with Crippen molar-refractivity contribution in [2.75, 3.05) is 33.2 Å². The van der Waals surface area contributed by atoms with E-state index < -0.39 is 0 Å². The lowest BCUT2D eigenvalue weighted by molar-refractivity contribution is 0.224. The number of nitrogens with one attached hydrogen (secondary N) is 2. The van der Waals surface area contributed by atoms with Crippen molar-refractivity contribution in [2.24, 2.45) is 4.99 Å². The van der Waals surface area contributed by atoms with E-state index in [0.717, 1.165) is 23.1 Å². The lowest BCUT2D eigenvalue weighted by atomic mass is 10.1. The molecule has 142 valence electrons. The Hall–Kier alpha value is -0.530. The van der Waals surface area contributed by atoms with Gasteiger partial charge in [0.1, 0.15) is 0 Å². The minimum Gasteiger partial charge on any atom is -0.356 e. The van der Waals surface area contributed by atoms with E-state index in [1.54, 1.807) is 7.05 Å². The predicted molar refractivity (Wildman–Crippen MR) is 119 cm³/mol. The number of piperidine rings is 1. The molecule has 1 aromatic carbocycles. The molecule has 4 nitrogen and oxygen atoms in total. The Morgan fingerprint density at radius 3 is 2.56 bits per heavy atom. The molecular weight excluding hydrogens is 447 g/mol. The number of rotatable bonds is 8. The average Bonchev–Trinajstić information content (AvgIpc) is 2.62. The molecule has 0 aromatic heterocycles. The molecule has 0 radical (unpaired) electrons. The second-order valence-corrected chi connectivity index (χ2v) is 6.81. The molecular formula is C19H32ClIN4. The van der Waals surface area contributed by atoms with E-state index in [2.05, 4.69) is 20.5 Å². The number of aliphatic imine (C=N–C) groups is 1. The molecule has 0 atom stereocenters. The van der Waals surface area contributed by atoms with Crippen LogP contribution in [0, 0.1) is 0 Å². The fourth-order valence-electron chi connectivity index (χ4n) is 3.07.